The molecule has 0 saturated carbocycles. The quantitative estimate of drug-likeness (QED) is 0.508. The van der Waals surface area contributed by atoms with Crippen LogP contribution in [0, 0.1) is 5.82 Å². The highest BCUT2D eigenvalue weighted by atomic mass is 32.1. The average molecular weight is 458 g/mol. The fourth-order valence-corrected chi connectivity index (χ4v) is 6.64. The highest BCUT2D eigenvalue weighted by Gasteiger charge is 2.36. The van der Waals surface area contributed by atoms with Crippen molar-refractivity contribution >= 4 is 37.5 Å². The standard InChI is InChI=1S/C20H20FN7OS2/c1-26(15-6-12-2-3-13(7-15)23-12)19-24-17-18(30-19)25-20(31-17)27-5-4-14(8-16(27)29)28-10-11(21)9-22-28/h4-5,8-10,12-13,15,23H,2-3,6-7H2,1H3/t12-,13+,15-. The van der Waals surface area contributed by atoms with E-state index in [1.54, 1.807) is 23.6 Å². The SMILES string of the molecule is CN(c1nc2sc(-n3ccc(-n4cc(F)cn4)cc3=O)nc2s1)[C@@H]1C[C@H]2CC[C@@H](C1)N2. The third kappa shape index (κ3) is 3.36. The minimum absolute atomic E-state index is 0.252. The molecule has 6 rings (SSSR count). The van der Waals surface area contributed by atoms with Crippen LogP contribution in [0.4, 0.5) is 9.52 Å². The van der Waals surface area contributed by atoms with Crippen molar-refractivity contribution in [2.75, 3.05) is 11.9 Å². The van der Waals surface area contributed by atoms with Gasteiger partial charge < -0.3 is 10.2 Å². The molecule has 0 radical (unpaired) electrons. The molecule has 4 aromatic rings. The summed E-state index contributed by atoms with van der Waals surface area (Å²) in [5.74, 6) is -0.451. The summed E-state index contributed by atoms with van der Waals surface area (Å²) in [7, 11) is 2.13. The molecule has 4 aromatic heterocycles. The van der Waals surface area contributed by atoms with Crippen LogP contribution < -0.4 is 15.8 Å². The number of anilines is 1. The van der Waals surface area contributed by atoms with E-state index in [4.69, 9.17) is 4.98 Å². The van der Waals surface area contributed by atoms with Crippen LogP contribution in [0.2, 0.25) is 0 Å². The molecular weight excluding hydrogens is 437 g/mol. The number of thiazole rings is 2. The molecule has 2 aliphatic heterocycles. The zero-order chi connectivity index (χ0) is 21.1. The molecule has 6 heterocycles. The monoisotopic (exact) mass is 457 g/mol. The van der Waals surface area contributed by atoms with Gasteiger partial charge in [-0.05, 0) is 31.7 Å². The smallest absolute Gasteiger partial charge is 0.259 e. The van der Waals surface area contributed by atoms with Gasteiger partial charge in [-0.1, -0.05) is 22.7 Å². The van der Waals surface area contributed by atoms with Gasteiger partial charge >= 0.3 is 0 Å². The van der Waals surface area contributed by atoms with Gasteiger partial charge in [0.05, 0.1) is 18.1 Å². The summed E-state index contributed by atoms with van der Waals surface area (Å²) in [6.07, 6.45) is 8.83. The Bertz CT molecular complexity index is 1280. The maximum Gasteiger partial charge on any atom is 0.259 e. The first kappa shape index (κ1) is 19.1. The van der Waals surface area contributed by atoms with Crippen LogP contribution in [0.3, 0.4) is 0 Å². The van der Waals surface area contributed by atoms with E-state index in [0.29, 0.717) is 28.9 Å². The van der Waals surface area contributed by atoms with Crippen LogP contribution in [-0.4, -0.2) is 49.5 Å². The lowest BCUT2D eigenvalue weighted by atomic mass is 9.99. The summed E-state index contributed by atoms with van der Waals surface area (Å²) in [6.45, 7) is 0. The first-order valence-electron chi connectivity index (χ1n) is 10.2. The predicted octanol–water partition coefficient (Wildman–Crippen LogP) is 2.95. The van der Waals surface area contributed by atoms with Crippen molar-refractivity contribution in [3.8, 4) is 10.8 Å². The van der Waals surface area contributed by atoms with E-state index in [0.717, 1.165) is 33.8 Å². The molecule has 0 unspecified atom stereocenters. The van der Waals surface area contributed by atoms with Crippen molar-refractivity contribution in [3.63, 3.8) is 0 Å². The number of nitrogens with zero attached hydrogens (tertiary/aromatic N) is 6. The van der Waals surface area contributed by atoms with E-state index in [1.807, 2.05) is 0 Å². The molecule has 1 N–H and O–H groups in total. The number of halogens is 1. The number of aromatic nitrogens is 5. The van der Waals surface area contributed by atoms with E-state index in [1.165, 1.54) is 45.7 Å². The van der Waals surface area contributed by atoms with Crippen molar-refractivity contribution < 1.29 is 4.39 Å². The molecule has 0 amide bonds. The summed E-state index contributed by atoms with van der Waals surface area (Å²) < 4.78 is 16.0. The Kier molecular flexibility index (Phi) is 4.44. The van der Waals surface area contributed by atoms with Gasteiger partial charge in [0, 0.05) is 37.4 Å². The van der Waals surface area contributed by atoms with Crippen molar-refractivity contribution in [3.05, 3.63) is 46.9 Å². The maximum absolute atomic E-state index is 13.2. The van der Waals surface area contributed by atoms with Crippen LogP contribution in [0.25, 0.3) is 20.5 Å². The minimum atomic E-state index is -0.451. The lowest BCUT2D eigenvalue weighted by Gasteiger charge is -2.35. The fourth-order valence-electron chi connectivity index (χ4n) is 4.59. The Morgan fingerprint density at radius 2 is 1.97 bits per heavy atom. The lowest BCUT2D eigenvalue weighted by molar-refractivity contribution is 0.354. The largest absolute Gasteiger partial charge is 0.348 e. The molecule has 3 atom stereocenters. The first-order chi connectivity index (χ1) is 15.0. The Morgan fingerprint density at radius 1 is 1.19 bits per heavy atom. The van der Waals surface area contributed by atoms with Gasteiger partial charge in [0.25, 0.3) is 5.56 Å². The van der Waals surface area contributed by atoms with E-state index in [9.17, 15) is 9.18 Å². The molecule has 160 valence electrons. The van der Waals surface area contributed by atoms with Crippen molar-refractivity contribution in [1.29, 1.82) is 0 Å². The number of rotatable bonds is 4. The lowest BCUT2D eigenvalue weighted by Crippen LogP contribution is -2.47. The Balaban J connectivity index is 1.26. The molecule has 2 bridgehead atoms. The Hall–Kier alpha value is -2.63. The number of hydrogen-bond acceptors (Lipinski definition) is 8. The second kappa shape index (κ2) is 7.21. The van der Waals surface area contributed by atoms with Gasteiger partial charge in [-0.2, -0.15) is 5.10 Å². The van der Waals surface area contributed by atoms with E-state index < -0.39 is 5.82 Å². The van der Waals surface area contributed by atoms with Crippen molar-refractivity contribution in [2.45, 2.75) is 43.8 Å². The van der Waals surface area contributed by atoms with Gasteiger partial charge in [-0.15, -0.1) is 0 Å². The van der Waals surface area contributed by atoms with E-state index >= 15 is 0 Å². The van der Waals surface area contributed by atoms with E-state index in [2.05, 4.69) is 27.3 Å². The van der Waals surface area contributed by atoms with Crippen LogP contribution in [0.1, 0.15) is 25.7 Å². The van der Waals surface area contributed by atoms with Crippen molar-refractivity contribution in [2.24, 2.45) is 0 Å². The number of piperidine rings is 1. The minimum Gasteiger partial charge on any atom is -0.348 e. The molecule has 8 nitrogen and oxygen atoms in total. The summed E-state index contributed by atoms with van der Waals surface area (Å²) in [6, 6.07) is 4.89. The third-order valence-corrected chi connectivity index (χ3v) is 8.29. The van der Waals surface area contributed by atoms with Gasteiger partial charge in [-0.25, -0.2) is 19.0 Å². The molecule has 2 aliphatic rings. The molecule has 2 saturated heterocycles. The normalized spacial score (nSPS) is 23.0. The number of nitrogens with one attached hydrogen (secondary N) is 1. The number of fused-ring (bicyclic) bond motifs is 3. The third-order valence-electron chi connectivity index (χ3n) is 6.18. The highest BCUT2D eigenvalue weighted by molar-refractivity contribution is 7.29. The van der Waals surface area contributed by atoms with Gasteiger partial charge in [0.2, 0.25) is 0 Å². The van der Waals surface area contributed by atoms with Gasteiger partial charge in [0.15, 0.2) is 25.7 Å². The topological polar surface area (TPSA) is 80.9 Å². The van der Waals surface area contributed by atoms with Crippen LogP contribution in [-0.2, 0) is 0 Å². The van der Waals surface area contributed by atoms with E-state index in [-0.39, 0.29) is 5.56 Å². The number of pyridine rings is 1. The molecule has 0 aliphatic carbocycles. The van der Waals surface area contributed by atoms with Crippen LogP contribution in [0.15, 0.2) is 35.5 Å². The van der Waals surface area contributed by atoms with Gasteiger partial charge in [0.1, 0.15) is 0 Å². The summed E-state index contributed by atoms with van der Waals surface area (Å²) in [5.41, 5.74) is 0.249. The summed E-state index contributed by atoms with van der Waals surface area (Å²) in [5, 5.41) is 9.14. The van der Waals surface area contributed by atoms with Crippen molar-refractivity contribution in [1.82, 2.24) is 29.6 Å². The second-order valence-corrected chi connectivity index (χ2v) is 10.1. The second-order valence-electron chi connectivity index (χ2n) is 8.17. The Labute approximate surface area is 185 Å². The zero-order valence-corrected chi connectivity index (χ0v) is 18.4. The molecular formula is C20H20FN7OS2. The maximum atomic E-state index is 13.2. The Morgan fingerprint density at radius 3 is 2.65 bits per heavy atom. The highest BCUT2D eigenvalue weighted by Crippen LogP contribution is 2.36. The molecule has 2 fully saturated rings. The van der Waals surface area contributed by atoms with Gasteiger partial charge in [-0.3, -0.25) is 9.36 Å². The predicted molar refractivity (Wildman–Crippen MR) is 119 cm³/mol. The first-order valence-corrected chi connectivity index (χ1v) is 11.9. The molecule has 31 heavy (non-hydrogen) atoms. The molecule has 0 spiro atoms. The van der Waals surface area contributed by atoms with Crippen LogP contribution >= 0.6 is 22.7 Å². The molecule has 0 aromatic carbocycles. The average Bonchev–Trinajstić information content (AvgIpc) is 3.51. The summed E-state index contributed by atoms with van der Waals surface area (Å²) in [4.78, 5) is 26.1. The molecule has 11 heteroatoms. The van der Waals surface area contributed by atoms with Crippen LogP contribution in [0.5, 0.6) is 0 Å². The fraction of sp³-hybridized carbons (Fsp3) is 0.400. The number of hydrogen-bond donors (Lipinski definition) is 1. The summed E-state index contributed by atoms with van der Waals surface area (Å²) >= 11 is 2.97. The zero-order valence-electron chi connectivity index (χ0n) is 16.7.